The number of carbonyl (C=O) groups is 1. The van der Waals surface area contributed by atoms with Gasteiger partial charge in [-0.05, 0) is 50.6 Å². The Morgan fingerprint density at radius 3 is 2.69 bits per heavy atom. The Balaban J connectivity index is 2.03. The van der Waals surface area contributed by atoms with Crippen LogP contribution in [0.4, 0.5) is 0 Å². The molecule has 0 bridgehead atoms. The molecule has 1 atom stereocenters. The minimum Gasteiger partial charge on any atom is -0.382 e. The number of aryl methyl sites for hydroxylation is 2. The number of nitrogens with zero attached hydrogens (tertiary/aromatic N) is 2. The summed E-state index contributed by atoms with van der Waals surface area (Å²) in [7, 11) is 1.61. The van der Waals surface area contributed by atoms with Crippen LogP contribution < -0.4 is 5.32 Å². The van der Waals surface area contributed by atoms with Gasteiger partial charge in [-0.25, -0.2) is 0 Å². The van der Waals surface area contributed by atoms with E-state index in [0.29, 0.717) is 12.2 Å². The third-order valence-corrected chi connectivity index (χ3v) is 4.54. The lowest BCUT2D eigenvalue weighted by Gasteiger charge is -2.19. The summed E-state index contributed by atoms with van der Waals surface area (Å²) in [4.78, 5) is 22.1. The number of nitrogens with one attached hydrogen (secondary N) is 1. The van der Waals surface area contributed by atoms with Gasteiger partial charge in [0.2, 0.25) is 0 Å². The van der Waals surface area contributed by atoms with E-state index in [1.165, 1.54) is 0 Å². The average molecular weight is 349 g/mol. The lowest BCUT2D eigenvalue weighted by Crippen LogP contribution is -2.32. The summed E-state index contributed by atoms with van der Waals surface area (Å²) in [5.41, 5.74) is 5.09. The van der Waals surface area contributed by atoms with Crippen molar-refractivity contribution in [3.63, 3.8) is 0 Å². The fourth-order valence-electron chi connectivity index (χ4n) is 3.07. The molecule has 3 aromatic rings. The van der Waals surface area contributed by atoms with Gasteiger partial charge in [0.25, 0.3) is 5.91 Å². The molecule has 0 radical (unpaired) electrons. The zero-order valence-corrected chi connectivity index (χ0v) is 15.5. The van der Waals surface area contributed by atoms with Crippen molar-refractivity contribution in [2.75, 3.05) is 13.7 Å². The number of methoxy groups -OCH3 is 1. The number of aromatic nitrogens is 2. The molecule has 134 valence electrons. The Morgan fingerprint density at radius 2 is 2.00 bits per heavy atom. The highest BCUT2D eigenvalue weighted by atomic mass is 16.5. The van der Waals surface area contributed by atoms with E-state index in [-0.39, 0.29) is 11.9 Å². The number of ether oxygens (including phenoxy) is 1. The van der Waals surface area contributed by atoms with Crippen LogP contribution in [0.25, 0.3) is 10.9 Å². The zero-order chi connectivity index (χ0) is 18.7. The first kappa shape index (κ1) is 18.0. The van der Waals surface area contributed by atoms with E-state index >= 15 is 0 Å². The second kappa shape index (κ2) is 7.62. The third-order valence-electron chi connectivity index (χ3n) is 4.54. The summed E-state index contributed by atoms with van der Waals surface area (Å²) in [6, 6.07) is 11.3. The molecule has 0 aliphatic rings. The largest absolute Gasteiger partial charge is 0.382 e. The van der Waals surface area contributed by atoms with Crippen LogP contribution >= 0.6 is 0 Å². The molecule has 5 nitrogen and oxygen atoms in total. The quantitative estimate of drug-likeness (QED) is 0.763. The fourth-order valence-corrected chi connectivity index (χ4v) is 3.07. The molecule has 0 spiro atoms. The second-order valence-electron chi connectivity index (χ2n) is 6.45. The number of hydrogen-bond acceptors (Lipinski definition) is 4. The van der Waals surface area contributed by atoms with E-state index in [0.717, 1.165) is 33.4 Å². The number of benzene rings is 1. The molecule has 0 saturated heterocycles. The molecule has 0 fully saturated rings. The molecule has 0 aliphatic carbocycles. The molecule has 1 aromatic carbocycles. The number of rotatable bonds is 5. The van der Waals surface area contributed by atoms with Crippen molar-refractivity contribution in [1.82, 2.24) is 15.3 Å². The lowest BCUT2D eigenvalue weighted by molar-refractivity contribution is 0.0895. The number of pyridine rings is 2. The van der Waals surface area contributed by atoms with Crippen molar-refractivity contribution in [1.29, 1.82) is 0 Å². The van der Waals surface area contributed by atoms with Gasteiger partial charge < -0.3 is 10.1 Å². The van der Waals surface area contributed by atoms with E-state index < -0.39 is 0 Å². The number of carbonyl (C=O) groups excluding carboxylic acids is 1. The van der Waals surface area contributed by atoms with Crippen LogP contribution in [-0.2, 0) is 4.74 Å². The summed E-state index contributed by atoms with van der Waals surface area (Å²) in [6.07, 6.45) is 1.71. The van der Waals surface area contributed by atoms with Gasteiger partial charge in [0.1, 0.15) is 0 Å². The van der Waals surface area contributed by atoms with Gasteiger partial charge in [-0.3, -0.25) is 14.8 Å². The minimum atomic E-state index is -0.318. The van der Waals surface area contributed by atoms with Crippen molar-refractivity contribution < 1.29 is 9.53 Å². The number of fused-ring (bicyclic) bond motifs is 1. The van der Waals surface area contributed by atoms with Gasteiger partial charge in [-0.15, -0.1) is 0 Å². The Hall–Kier alpha value is -2.79. The smallest absolute Gasteiger partial charge is 0.252 e. The highest BCUT2D eigenvalue weighted by Gasteiger charge is 2.21. The van der Waals surface area contributed by atoms with Crippen LogP contribution in [0.15, 0.2) is 42.6 Å². The monoisotopic (exact) mass is 349 g/mol. The molecule has 3 rings (SSSR count). The van der Waals surface area contributed by atoms with E-state index in [9.17, 15) is 4.79 Å². The summed E-state index contributed by atoms with van der Waals surface area (Å²) in [5.74, 6) is -0.142. The van der Waals surface area contributed by atoms with Crippen molar-refractivity contribution in [3.8, 4) is 0 Å². The summed E-state index contributed by atoms with van der Waals surface area (Å²) in [6.45, 7) is 6.22. The van der Waals surface area contributed by atoms with Gasteiger partial charge in [0.05, 0.1) is 29.4 Å². The number of hydrogen-bond donors (Lipinski definition) is 1. The zero-order valence-electron chi connectivity index (χ0n) is 15.5. The summed E-state index contributed by atoms with van der Waals surface area (Å²) >= 11 is 0. The Kier molecular flexibility index (Phi) is 5.28. The van der Waals surface area contributed by atoms with Crippen LogP contribution in [0, 0.1) is 20.8 Å². The minimum absolute atomic E-state index is 0.142. The van der Waals surface area contributed by atoms with E-state index in [4.69, 9.17) is 4.74 Å². The molecule has 0 aliphatic heterocycles. The molecule has 1 N–H and O–H groups in total. The van der Waals surface area contributed by atoms with Crippen molar-refractivity contribution in [2.24, 2.45) is 0 Å². The molecule has 2 heterocycles. The van der Waals surface area contributed by atoms with Gasteiger partial charge >= 0.3 is 0 Å². The second-order valence-corrected chi connectivity index (χ2v) is 6.45. The summed E-state index contributed by atoms with van der Waals surface area (Å²) in [5, 5.41) is 3.94. The maximum absolute atomic E-state index is 13.2. The molecule has 0 saturated carbocycles. The molecule has 26 heavy (non-hydrogen) atoms. The molecule has 0 unspecified atom stereocenters. The highest BCUT2D eigenvalue weighted by molar-refractivity contribution is 6.07. The van der Waals surface area contributed by atoms with Crippen LogP contribution in [0.3, 0.4) is 0 Å². The maximum atomic E-state index is 13.2. The van der Waals surface area contributed by atoms with Crippen molar-refractivity contribution in [3.05, 3.63) is 70.7 Å². The van der Waals surface area contributed by atoms with Crippen molar-refractivity contribution in [2.45, 2.75) is 26.8 Å². The Labute approximate surface area is 153 Å². The average Bonchev–Trinajstić information content (AvgIpc) is 2.63. The molecular formula is C21H23N3O2. The van der Waals surface area contributed by atoms with E-state index in [2.05, 4.69) is 15.3 Å². The van der Waals surface area contributed by atoms with Gasteiger partial charge in [-0.2, -0.15) is 0 Å². The first-order valence-corrected chi connectivity index (χ1v) is 8.59. The van der Waals surface area contributed by atoms with Crippen LogP contribution in [0.5, 0.6) is 0 Å². The molecule has 5 heteroatoms. The Bertz CT molecular complexity index is 939. The first-order valence-electron chi connectivity index (χ1n) is 8.59. The van der Waals surface area contributed by atoms with Gasteiger partial charge in [0.15, 0.2) is 0 Å². The SMILES string of the molecule is COC[C@@H](NC(=O)c1c(C)c(C)nc2ccc(C)cc12)c1ccccn1. The topological polar surface area (TPSA) is 64.1 Å². The van der Waals surface area contributed by atoms with Crippen LogP contribution in [-0.4, -0.2) is 29.6 Å². The van der Waals surface area contributed by atoms with E-state index in [1.807, 2.05) is 57.2 Å². The fraction of sp³-hybridized carbons (Fsp3) is 0.286. The van der Waals surface area contributed by atoms with Gasteiger partial charge in [-0.1, -0.05) is 17.7 Å². The molecule has 1 amide bonds. The molecule has 2 aromatic heterocycles. The normalized spacial score (nSPS) is 12.2. The van der Waals surface area contributed by atoms with E-state index in [1.54, 1.807) is 13.3 Å². The predicted octanol–water partition coefficient (Wildman–Crippen LogP) is 3.67. The predicted molar refractivity (Wildman–Crippen MR) is 102 cm³/mol. The number of amides is 1. The van der Waals surface area contributed by atoms with Crippen molar-refractivity contribution >= 4 is 16.8 Å². The molecular weight excluding hydrogens is 326 g/mol. The first-order chi connectivity index (χ1) is 12.5. The Morgan fingerprint density at radius 1 is 1.19 bits per heavy atom. The van der Waals surface area contributed by atoms with Gasteiger partial charge in [0, 0.05) is 24.4 Å². The van der Waals surface area contributed by atoms with Crippen LogP contribution in [0.2, 0.25) is 0 Å². The summed E-state index contributed by atoms with van der Waals surface area (Å²) < 4.78 is 5.29. The third kappa shape index (κ3) is 3.58. The van der Waals surface area contributed by atoms with Crippen LogP contribution in [0.1, 0.15) is 38.9 Å². The highest BCUT2D eigenvalue weighted by Crippen LogP contribution is 2.25. The standard InChI is InChI=1S/C21H23N3O2/c1-13-8-9-17-16(11-13)20(14(2)15(3)23-17)21(25)24-19(12-26-4)18-7-5-6-10-22-18/h5-11,19H,12H2,1-4H3,(H,24,25)/t19-/m1/s1. The maximum Gasteiger partial charge on any atom is 0.252 e. The lowest BCUT2D eigenvalue weighted by atomic mass is 9.99.